The van der Waals surface area contributed by atoms with Crippen molar-refractivity contribution in [3.63, 3.8) is 0 Å². The Kier molecular flexibility index (Phi) is 7.08. The standard InChI is InChI=1S/C15H22N2O4/c1-3-8-17(9-4-2)15(20)16-12-6-5-7-13(10-12)21-11-14(18)19/h5-7,10H,3-4,8-9,11H2,1-2H3,(H,16,20)(H,18,19). The van der Waals surface area contributed by atoms with Crippen LogP contribution in [0.25, 0.3) is 0 Å². The van der Waals surface area contributed by atoms with Gasteiger partial charge in [-0.15, -0.1) is 0 Å². The van der Waals surface area contributed by atoms with Gasteiger partial charge in [-0.25, -0.2) is 9.59 Å². The van der Waals surface area contributed by atoms with Crippen LogP contribution in [0, 0.1) is 0 Å². The molecule has 1 aromatic carbocycles. The van der Waals surface area contributed by atoms with Crippen molar-refractivity contribution < 1.29 is 19.4 Å². The van der Waals surface area contributed by atoms with Crippen molar-refractivity contribution in [3.8, 4) is 5.75 Å². The molecule has 0 aliphatic carbocycles. The van der Waals surface area contributed by atoms with Crippen LogP contribution in [-0.2, 0) is 4.79 Å². The minimum atomic E-state index is -1.04. The number of nitrogens with one attached hydrogen (secondary N) is 1. The van der Waals surface area contributed by atoms with E-state index in [9.17, 15) is 9.59 Å². The summed E-state index contributed by atoms with van der Waals surface area (Å²) in [6, 6.07) is 6.54. The molecule has 0 aromatic heterocycles. The summed E-state index contributed by atoms with van der Waals surface area (Å²) in [5, 5.41) is 11.4. The topological polar surface area (TPSA) is 78.9 Å². The van der Waals surface area contributed by atoms with Gasteiger partial charge in [0.2, 0.25) is 0 Å². The van der Waals surface area contributed by atoms with Gasteiger partial charge in [0.15, 0.2) is 6.61 Å². The minimum absolute atomic E-state index is 0.158. The highest BCUT2D eigenvalue weighted by Crippen LogP contribution is 2.17. The van der Waals surface area contributed by atoms with E-state index >= 15 is 0 Å². The van der Waals surface area contributed by atoms with E-state index in [2.05, 4.69) is 5.32 Å². The second kappa shape index (κ2) is 8.84. The monoisotopic (exact) mass is 294 g/mol. The average molecular weight is 294 g/mol. The summed E-state index contributed by atoms with van der Waals surface area (Å²) < 4.78 is 5.08. The number of ether oxygens (including phenoxy) is 1. The van der Waals surface area contributed by atoms with Gasteiger partial charge in [0.25, 0.3) is 0 Å². The summed E-state index contributed by atoms with van der Waals surface area (Å²) in [5.74, 6) is -0.630. The number of hydrogen-bond donors (Lipinski definition) is 2. The van der Waals surface area contributed by atoms with Crippen molar-refractivity contribution in [1.29, 1.82) is 0 Å². The SMILES string of the molecule is CCCN(CCC)C(=O)Nc1cccc(OCC(=O)O)c1. The Bertz CT molecular complexity index is 470. The van der Waals surface area contributed by atoms with E-state index in [-0.39, 0.29) is 6.03 Å². The van der Waals surface area contributed by atoms with Crippen LogP contribution in [0.1, 0.15) is 26.7 Å². The van der Waals surface area contributed by atoms with Crippen molar-refractivity contribution >= 4 is 17.7 Å². The smallest absolute Gasteiger partial charge is 0.341 e. The second-order valence-electron chi connectivity index (χ2n) is 4.63. The van der Waals surface area contributed by atoms with Gasteiger partial charge in [0.05, 0.1) is 0 Å². The zero-order valence-electron chi connectivity index (χ0n) is 12.5. The Morgan fingerprint density at radius 1 is 1.24 bits per heavy atom. The van der Waals surface area contributed by atoms with Crippen LogP contribution < -0.4 is 10.1 Å². The predicted molar refractivity (Wildman–Crippen MR) is 80.7 cm³/mol. The van der Waals surface area contributed by atoms with Crippen LogP contribution in [-0.4, -0.2) is 41.7 Å². The predicted octanol–water partition coefficient (Wildman–Crippen LogP) is 2.80. The maximum Gasteiger partial charge on any atom is 0.341 e. The fourth-order valence-corrected chi connectivity index (χ4v) is 1.87. The molecule has 2 amide bonds. The molecular weight excluding hydrogens is 272 g/mol. The molecule has 0 unspecified atom stereocenters. The second-order valence-corrected chi connectivity index (χ2v) is 4.63. The van der Waals surface area contributed by atoms with E-state index in [1.54, 1.807) is 29.2 Å². The molecular formula is C15H22N2O4. The number of rotatable bonds is 8. The first-order valence-electron chi connectivity index (χ1n) is 7.07. The molecule has 116 valence electrons. The Morgan fingerprint density at radius 3 is 2.48 bits per heavy atom. The molecule has 0 fully saturated rings. The molecule has 0 aliphatic rings. The normalized spacial score (nSPS) is 10.0. The summed E-state index contributed by atoms with van der Waals surface area (Å²) in [4.78, 5) is 24.4. The third-order valence-electron chi connectivity index (χ3n) is 2.72. The summed E-state index contributed by atoms with van der Waals surface area (Å²) in [5.41, 5.74) is 0.583. The number of carbonyl (C=O) groups is 2. The van der Waals surface area contributed by atoms with Crippen LogP contribution in [0.4, 0.5) is 10.5 Å². The van der Waals surface area contributed by atoms with Crippen molar-refractivity contribution in [1.82, 2.24) is 4.90 Å². The lowest BCUT2D eigenvalue weighted by atomic mass is 10.3. The summed E-state index contributed by atoms with van der Waals surface area (Å²) in [7, 11) is 0. The Morgan fingerprint density at radius 2 is 1.90 bits per heavy atom. The first kappa shape index (κ1) is 16.8. The van der Waals surface area contributed by atoms with Crippen molar-refractivity contribution in [2.75, 3.05) is 25.0 Å². The molecule has 0 saturated heterocycles. The van der Waals surface area contributed by atoms with E-state index in [0.29, 0.717) is 24.5 Å². The lowest BCUT2D eigenvalue weighted by Crippen LogP contribution is -2.36. The molecule has 21 heavy (non-hydrogen) atoms. The summed E-state index contributed by atoms with van der Waals surface area (Å²) in [6.45, 7) is 5.05. The highest BCUT2D eigenvalue weighted by atomic mass is 16.5. The quantitative estimate of drug-likeness (QED) is 0.772. The number of carboxylic acid groups (broad SMARTS) is 1. The molecule has 0 atom stereocenters. The van der Waals surface area contributed by atoms with Crippen LogP contribution in [0.5, 0.6) is 5.75 Å². The fraction of sp³-hybridized carbons (Fsp3) is 0.467. The van der Waals surface area contributed by atoms with Crippen LogP contribution in [0.2, 0.25) is 0 Å². The first-order valence-corrected chi connectivity index (χ1v) is 7.07. The Balaban J connectivity index is 2.66. The zero-order chi connectivity index (χ0) is 15.7. The van der Waals surface area contributed by atoms with Gasteiger partial charge in [0.1, 0.15) is 5.75 Å². The van der Waals surface area contributed by atoms with Crippen LogP contribution in [0.3, 0.4) is 0 Å². The van der Waals surface area contributed by atoms with Gasteiger partial charge >= 0.3 is 12.0 Å². The van der Waals surface area contributed by atoms with Gasteiger partial charge < -0.3 is 20.1 Å². The van der Waals surface area contributed by atoms with Gasteiger partial charge in [0, 0.05) is 24.8 Å². The van der Waals surface area contributed by atoms with Gasteiger partial charge in [-0.1, -0.05) is 19.9 Å². The Hall–Kier alpha value is -2.24. The number of anilines is 1. The molecule has 0 spiro atoms. The molecule has 6 nitrogen and oxygen atoms in total. The van der Waals surface area contributed by atoms with E-state index in [0.717, 1.165) is 12.8 Å². The molecule has 0 radical (unpaired) electrons. The number of aliphatic carboxylic acids is 1. The largest absolute Gasteiger partial charge is 0.482 e. The fourth-order valence-electron chi connectivity index (χ4n) is 1.87. The minimum Gasteiger partial charge on any atom is -0.482 e. The highest BCUT2D eigenvalue weighted by molar-refractivity contribution is 5.89. The van der Waals surface area contributed by atoms with Gasteiger partial charge in [-0.3, -0.25) is 0 Å². The van der Waals surface area contributed by atoms with E-state index in [1.807, 2.05) is 13.8 Å². The molecule has 1 aromatic rings. The van der Waals surface area contributed by atoms with Crippen LogP contribution >= 0.6 is 0 Å². The number of carboxylic acids is 1. The summed E-state index contributed by atoms with van der Waals surface area (Å²) >= 11 is 0. The number of hydrogen-bond acceptors (Lipinski definition) is 3. The first-order chi connectivity index (χ1) is 10.1. The number of benzene rings is 1. The number of amides is 2. The third kappa shape index (κ3) is 6.16. The maximum atomic E-state index is 12.1. The molecule has 1 rings (SSSR count). The van der Waals surface area contributed by atoms with E-state index < -0.39 is 12.6 Å². The molecule has 2 N–H and O–H groups in total. The average Bonchev–Trinajstić information content (AvgIpc) is 2.45. The van der Waals surface area contributed by atoms with Crippen LogP contribution in [0.15, 0.2) is 24.3 Å². The van der Waals surface area contributed by atoms with E-state index in [1.165, 1.54) is 0 Å². The number of carbonyl (C=O) groups excluding carboxylic acids is 1. The lowest BCUT2D eigenvalue weighted by Gasteiger charge is -2.22. The van der Waals surface area contributed by atoms with E-state index in [4.69, 9.17) is 9.84 Å². The van der Waals surface area contributed by atoms with Crippen molar-refractivity contribution in [3.05, 3.63) is 24.3 Å². The third-order valence-corrected chi connectivity index (χ3v) is 2.72. The molecule has 0 bridgehead atoms. The molecule has 0 saturated carbocycles. The highest BCUT2D eigenvalue weighted by Gasteiger charge is 2.12. The molecule has 0 aliphatic heterocycles. The number of nitrogens with zero attached hydrogens (tertiary/aromatic N) is 1. The zero-order valence-corrected chi connectivity index (χ0v) is 12.5. The maximum absolute atomic E-state index is 12.1. The van der Waals surface area contributed by atoms with Gasteiger partial charge in [-0.05, 0) is 25.0 Å². The van der Waals surface area contributed by atoms with Gasteiger partial charge in [-0.2, -0.15) is 0 Å². The molecule has 0 heterocycles. The Labute approximate surface area is 124 Å². The summed E-state index contributed by atoms with van der Waals surface area (Å²) in [6.07, 6.45) is 1.80. The number of urea groups is 1. The molecule has 6 heteroatoms. The van der Waals surface area contributed by atoms with Crippen molar-refractivity contribution in [2.24, 2.45) is 0 Å². The lowest BCUT2D eigenvalue weighted by molar-refractivity contribution is -0.139. The van der Waals surface area contributed by atoms with Crippen molar-refractivity contribution in [2.45, 2.75) is 26.7 Å².